The number of hydrogen-bond donors (Lipinski definition) is 1. The van der Waals surface area contributed by atoms with E-state index in [0.717, 1.165) is 12.2 Å². The van der Waals surface area contributed by atoms with E-state index in [4.69, 9.17) is 10.5 Å². The Balaban J connectivity index is 2.21. The normalized spacial score (nSPS) is 14.1. The van der Waals surface area contributed by atoms with Crippen LogP contribution in [0.3, 0.4) is 0 Å². The summed E-state index contributed by atoms with van der Waals surface area (Å²) in [5.74, 6) is 0.896. The molecule has 0 aliphatic heterocycles. The van der Waals surface area contributed by atoms with Crippen LogP contribution >= 0.6 is 11.3 Å². The molecule has 19 heavy (non-hydrogen) atoms. The van der Waals surface area contributed by atoms with Crippen molar-refractivity contribution >= 4 is 11.3 Å². The first-order valence-corrected chi connectivity index (χ1v) is 7.49. The summed E-state index contributed by atoms with van der Waals surface area (Å²) in [5, 5.41) is 0. The quantitative estimate of drug-likeness (QED) is 0.892. The van der Waals surface area contributed by atoms with Gasteiger partial charge in [-0.2, -0.15) is 0 Å². The van der Waals surface area contributed by atoms with E-state index in [1.807, 2.05) is 19.1 Å². The fourth-order valence-electron chi connectivity index (χ4n) is 2.02. The van der Waals surface area contributed by atoms with Crippen molar-refractivity contribution < 1.29 is 4.74 Å². The van der Waals surface area contributed by atoms with Gasteiger partial charge in [-0.05, 0) is 50.1 Å². The van der Waals surface area contributed by atoms with Crippen LogP contribution in [0.4, 0.5) is 0 Å². The molecule has 0 amide bonds. The Bertz CT molecular complexity index is 533. The van der Waals surface area contributed by atoms with Crippen molar-refractivity contribution in [1.82, 2.24) is 0 Å². The standard InChI is InChI=1S/C16H21NOS/c1-4-13-6-5-7-14(10-13)18-16(12(3)17)15-9-8-11(2)19-15/h5-10,12,16H,4,17H2,1-3H3. The van der Waals surface area contributed by atoms with Gasteiger partial charge in [-0.1, -0.05) is 19.1 Å². The first-order valence-electron chi connectivity index (χ1n) is 6.67. The molecular weight excluding hydrogens is 254 g/mol. The summed E-state index contributed by atoms with van der Waals surface area (Å²) in [7, 11) is 0. The second kappa shape index (κ2) is 6.22. The zero-order valence-corrected chi connectivity index (χ0v) is 12.5. The second-order valence-electron chi connectivity index (χ2n) is 4.85. The smallest absolute Gasteiger partial charge is 0.148 e. The maximum absolute atomic E-state index is 6.10. The molecule has 0 aliphatic rings. The minimum atomic E-state index is -0.0780. The van der Waals surface area contributed by atoms with Gasteiger partial charge >= 0.3 is 0 Å². The molecule has 1 aromatic heterocycles. The minimum Gasteiger partial charge on any atom is -0.483 e. The average Bonchev–Trinajstić information content (AvgIpc) is 2.82. The van der Waals surface area contributed by atoms with E-state index >= 15 is 0 Å². The van der Waals surface area contributed by atoms with Crippen molar-refractivity contribution in [2.75, 3.05) is 0 Å². The molecule has 0 bridgehead atoms. The molecule has 0 aliphatic carbocycles. The average molecular weight is 275 g/mol. The predicted octanol–water partition coefficient (Wildman–Crippen LogP) is 4.09. The number of benzene rings is 1. The third kappa shape index (κ3) is 3.58. The van der Waals surface area contributed by atoms with E-state index < -0.39 is 0 Å². The fourth-order valence-corrected chi connectivity index (χ4v) is 3.04. The fraction of sp³-hybridized carbons (Fsp3) is 0.375. The summed E-state index contributed by atoms with van der Waals surface area (Å²) >= 11 is 1.75. The highest BCUT2D eigenvalue weighted by Crippen LogP contribution is 2.29. The number of aryl methyl sites for hydroxylation is 2. The molecule has 1 aromatic carbocycles. The van der Waals surface area contributed by atoms with Crippen LogP contribution in [-0.2, 0) is 6.42 Å². The Morgan fingerprint density at radius 3 is 2.63 bits per heavy atom. The highest BCUT2D eigenvalue weighted by Gasteiger charge is 2.20. The Morgan fingerprint density at radius 2 is 2.05 bits per heavy atom. The highest BCUT2D eigenvalue weighted by atomic mass is 32.1. The van der Waals surface area contributed by atoms with E-state index in [1.54, 1.807) is 11.3 Å². The summed E-state index contributed by atoms with van der Waals surface area (Å²) < 4.78 is 6.10. The first-order chi connectivity index (χ1) is 9.10. The summed E-state index contributed by atoms with van der Waals surface area (Å²) in [6, 6.07) is 12.4. The molecule has 0 radical (unpaired) electrons. The van der Waals surface area contributed by atoms with Gasteiger partial charge in [0.05, 0.1) is 0 Å². The third-order valence-electron chi connectivity index (χ3n) is 3.09. The molecular formula is C16H21NOS. The molecule has 2 aromatic rings. The number of thiophene rings is 1. The van der Waals surface area contributed by atoms with Crippen LogP contribution in [-0.4, -0.2) is 6.04 Å². The summed E-state index contributed by atoms with van der Waals surface area (Å²) in [5.41, 5.74) is 7.36. The van der Waals surface area contributed by atoms with Gasteiger partial charge in [-0.15, -0.1) is 11.3 Å². The molecule has 1 heterocycles. The minimum absolute atomic E-state index is 0.0386. The first kappa shape index (κ1) is 14.1. The maximum atomic E-state index is 6.10. The lowest BCUT2D eigenvalue weighted by Gasteiger charge is -2.21. The van der Waals surface area contributed by atoms with Crippen LogP contribution in [0.15, 0.2) is 36.4 Å². The zero-order chi connectivity index (χ0) is 13.8. The van der Waals surface area contributed by atoms with Gasteiger partial charge in [-0.3, -0.25) is 0 Å². The maximum Gasteiger partial charge on any atom is 0.148 e. The van der Waals surface area contributed by atoms with Crippen molar-refractivity contribution in [3.8, 4) is 5.75 Å². The predicted molar refractivity (Wildman–Crippen MR) is 81.9 cm³/mol. The lowest BCUT2D eigenvalue weighted by molar-refractivity contribution is 0.184. The number of nitrogens with two attached hydrogens (primary N) is 1. The summed E-state index contributed by atoms with van der Waals surface area (Å²) in [6.45, 7) is 6.23. The van der Waals surface area contributed by atoms with Crippen molar-refractivity contribution in [3.63, 3.8) is 0 Å². The molecule has 2 nitrogen and oxygen atoms in total. The lowest BCUT2D eigenvalue weighted by atomic mass is 10.1. The van der Waals surface area contributed by atoms with E-state index in [9.17, 15) is 0 Å². The molecule has 0 saturated heterocycles. The number of ether oxygens (including phenoxy) is 1. The van der Waals surface area contributed by atoms with Gasteiger partial charge in [0.15, 0.2) is 0 Å². The number of rotatable bonds is 5. The van der Waals surface area contributed by atoms with E-state index in [2.05, 4.69) is 38.1 Å². The molecule has 2 rings (SSSR count). The molecule has 2 N–H and O–H groups in total. The van der Waals surface area contributed by atoms with Crippen molar-refractivity contribution in [1.29, 1.82) is 0 Å². The number of hydrogen-bond acceptors (Lipinski definition) is 3. The Morgan fingerprint density at radius 1 is 1.26 bits per heavy atom. The van der Waals surface area contributed by atoms with E-state index in [0.29, 0.717) is 0 Å². The second-order valence-corrected chi connectivity index (χ2v) is 6.17. The van der Waals surface area contributed by atoms with Crippen LogP contribution in [0.2, 0.25) is 0 Å². The molecule has 2 atom stereocenters. The third-order valence-corrected chi connectivity index (χ3v) is 4.15. The topological polar surface area (TPSA) is 35.2 Å². The van der Waals surface area contributed by atoms with Crippen LogP contribution in [0.5, 0.6) is 5.75 Å². The molecule has 2 unspecified atom stereocenters. The van der Waals surface area contributed by atoms with E-state index in [1.165, 1.54) is 15.3 Å². The summed E-state index contributed by atoms with van der Waals surface area (Å²) in [4.78, 5) is 2.47. The lowest BCUT2D eigenvalue weighted by Crippen LogP contribution is -2.28. The Labute approximate surface area is 119 Å². The molecule has 0 saturated carbocycles. The van der Waals surface area contributed by atoms with E-state index in [-0.39, 0.29) is 12.1 Å². The Kier molecular flexibility index (Phi) is 4.61. The van der Waals surface area contributed by atoms with Gasteiger partial charge in [-0.25, -0.2) is 0 Å². The van der Waals surface area contributed by atoms with Gasteiger partial charge < -0.3 is 10.5 Å². The van der Waals surface area contributed by atoms with Crippen LogP contribution < -0.4 is 10.5 Å². The summed E-state index contributed by atoms with van der Waals surface area (Å²) in [6.07, 6.45) is 0.934. The monoisotopic (exact) mass is 275 g/mol. The van der Waals surface area contributed by atoms with Crippen molar-refractivity contribution in [3.05, 3.63) is 51.7 Å². The SMILES string of the molecule is CCc1cccc(OC(c2ccc(C)s2)C(C)N)c1. The van der Waals surface area contributed by atoms with Crippen LogP contribution in [0.25, 0.3) is 0 Å². The van der Waals surface area contributed by atoms with Gasteiger partial charge in [0.2, 0.25) is 0 Å². The van der Waals surface area contributed by atoms with Crippen molar-refractivity contribution in [2.24, 2.45) is 5.73 Å². The molecule has 102 valence electrons. The van der Waals surface area contributed by atoms with Gasteiger partial charge in [0.25, 0.3) is 0 Å². The molecule has 0 spiro atoms. The van der Waals surface area contributed by atoms with Gasteiger partial charge in [0, 0.05) is 15.8 Å². The highest BCUT2D eigenvalue weighted by molar-refractivity contribution is 7.12. The van der Waals surface area contributed by atoms with Gasteiger partial charge in [0.1, 0.15) is 11.9 Å². The van der Waals surface area contributed by atoms with Crippen LogP contribution in [0, 0.1) is 6.92 Å². The largest absolute Gasteiger partial charge is 0.483 e. The van der Waals surface area contributed by atoms with Crippen LogP contribution in [0.1, 0.15) is 35.3 Å². The van der Waals surface area contributed by atoms with Crippen molar-refractivity contribution in [2.45, 2.75) is 39.3 Å². The Hall–Kier alpha value is -1.32. The molecule has 3 heteroatoms. The zero-order valence-electron chi connectivity index (χ0n) is 11.7. The molecule has 0 fully saturated rings.